The van der Waals surface area contributed by atoms with E-state index in [1.165, 1.54) is 38.6 Å². The van der Waals surface area contributed by atoms with Crippen molar-refractivity contribution in [2.75, 3.05) is 4.90 Å². The van der Waals surface area contributed by atoms with Gasteiger partial charge in [0, 0.05) is 55.9 Å². The highest BCUT2D eigenvalue weighted by Gasteiger charge is 2.23. The topological polar surface area (TPSA) is 21.3 Å². The molecule has 268 valence electrons. The second-order valence-corrected chi connectivity index (χ2v) is 14.5. The predicted molar refractivity (Wildman–Crippen MR) is 239 cm³/mol. The number of rotatable bonds is 7. The highest BCUT2D eigenvalue weighted by Crippen LogP contribution is 2.47. The maximum absolute atomic E-state index is 6.70. The van der Waals surface area contributed by atoms with E-state index in [1.54, 1.807) is 0 Å². The summed E-state index contributed by atoms with van der Waals surface area (Å²) in [4.78, 5) is 2.34. The number of hydrogen-bond donors (Lipinski definition) is 0. The van der Waals surface area contributed by atoms with Gasteiger partial charge in [0.15, 0.2) is 0 Å². The predicted octanol–water partition coefficient (Wildman–Crippen LogP) is 15.2. The molecule has 3 nitrogen and oxygen atoms in total. The lowest BCUT2D eigenvalue weighted by molar-refractivity contribution is 0.669. The van der Waals surface area contributed by atoms with Crippen LogP contribution in [0.3, 0.4) is 0 Å². The van der Waals surface area contributed by atoms with E-state index in [-0.39, 0.29) is 0 Å². The van der Waals surface area contributed by atoms with Gasteiger partial charge in [-0.25, -0.2) is 0 Å². The van der Waals surface area contributed by atoms with E-state index in [9.17, 15) is 0 Å². The molecule has 0 saturated heterocycles. The average molecular weight is 729 g/mol. The number of fused-ring (bicyclic) bond motifs is 6. The van der Waals surface area contributed by atoms with Crippen molar-refractivity contribution in [3.8, 4) is 39.1 Å². The van der Waals surface area contributed by atoms with Crippen molar-refractivity contribution < 1.29 is 4.42 Å². The van der Waals surface area contributed by atoms with E-state index in [2.05, 4.69) is 222 Å². The van der Waals surface area contributed by atoms with E-state index in [0.29, 0.717) is 0 Å². The molecular formula is C54H36N2O. The van der Waals surface area contributed by atoms with Gasteiger partial charge in [-0.1, -0.05) is 158 Å². The zero-order valence-corrected chi connectivity index (χ0v) is 31.1. The largest absolute Gasteiger partial charge is 0.456 e. The van der Waals surface area contributed by atoms with Gasteiger partial charge in [0.25, 0.3) is 0 Å². The van der Waals surface area contributed by atoms with Crippen LogP contribution in [0.15, 0.2) is 223 Å². The molecule has 0 unspecified atom stereocenters. The molecule has 0 spiro atoms. The van der Waals surface area contributed by atoms with Gasteiger partial charge < -0.3 is 13.9 Å². The Kier molecular flexibility index (Phi) is 7.82. The van der Waals surface area contributed by atoms with Crippen LogP contribution in [0, 0.1) is 0 Å². The Morgan fingerprint density at radius 1 is 0.333 bits per heavy atom. The van der Waals surface area contributed by atoms with E-state index >= 15 is 0 Å². The fraction of sp³-hybridized carbons (Fsp3) is 0. The van der Waals surface area contributed by atoms with Gasteiger partial charge >= 0.3 is 0 Å². The maximum atomic E-state index is 6.70. The minimum Gasteiger partial charge on any atom is -0.456 e. The molecule has 0 atom stereocenters. The van der Waals surface area contributed by atoms with Crippen LogP contribution in [-0.2, 0) is 0 Å². The van der Waals surface area contributed by atoms with Crippen LogP contribution in [0.4, 0.5) is 17.1 Å². The minimum atomic E-state index is 0.871. The molecule has 57 heavy (non-hydrogen) atoms. The number of benzene rings is 9. The third-order valence-corrected chi connectivity index (χ3v) is 11.2. The molecule has 0 fully saturated rings. The van der Waals surface area contributed by atoms with Gasteiger partial charge in [-0.2, -0.15) is 0 Å². The first kappa shape index (κ1) is 32.8. The van der Waals surface area contributed by atoms with Crippen LogP contribution in [0.2, 0.25) is 0 Å². The fourth-order valence-corrected chi connectivity index (χ4v) is 8.59. The van der Waals surface area contributed by atoms with Gasteiger partial charge in [0.2, 0.25) is 0 Å². The van der Waals surface area contributed by atoms with Crippen LogP contribution in [0.1, 0.15) is 0 Å². The number of anilines is 3. The summed E-state index contributed by atoms with van der Waals surface area (Å²) in [7, 11) is 0. The molecule has 0 N–H and O–H groups in total. The highest BCUT2D eigenvalue weighted by atomic mass is 16.3. The molecular weight excluding hydrogens is 693 g/mol. The third kappa shape index (κ3) is 5.60. The lowest BCUT2D eigenvalue weighted by Gasteiger charge is -2.26. The smallest absolute Gasteiger partial charge is 0.138 e. The Balaban J connectivity index is 1.13. The van der Waals surface area contributed by atoms with Crippen molar-refractivity contribution in [3.63, 3.8) is 0 Å². The van der Waals surface area contributed by atoms with Gasteiger partial charge in [-0.15, -0.1) is 0 Å². The van der Waals surface area contributed by atoms with Gasteiger partial charge in [-0.3, -0.25) is 0 Å². The Bertz CT molecular complexity index is 3200. The minimum absolute atomic E-state index is 0.871. The average Bonchev–Trinajstić information content (AvgIpc) is 3.82. The van der Waals surface area contributed by atoms with Gasteiger partial charge in [0.1, 0.15) is 11.2 Å². The molecule has 0 aliphatic carbocycles. The van der Waals surface area contributed by atoms with Crippen molar-refractivity contribution >= 4 is 60.8 Å². The number of para-hydroxylation sites is 3. The fourth-order valence-electron chi connectivity index (χ4n) is 8.59. The Hall–Kier alpha value is -7.62. The number of hydrogen-bond acceptors (Lipinski definition) is 2. The molecule has 0 saturated carbocycles. The maximum Gasteiger partial charge on any atom is 0.138 e. The summed E-state index contributed by atoms with van der Waals surface area (Å²) in [6, 6.07) is 78.0. The molecule has 11 rings (SSSR count). The summed E-state index contributed by atoms with van der Waals surface area (Å²) in [6.45, 7) is 0. The zero-order chi connectivity index (χ0) is 37.7. The van der Waals surface area contributed by atoms with Gasteiger partial charge in [-0.05, 0) is 82.4 Å². The molecule has 2 aromatic heterocycles. The summed E-state index contributed by atoms with van der Waals surface area (Å²) in [5.74, 6) is 0. The van der Waals surface area contributed by atoms with Gasteiger partial charge in [0.05, 0.1) is 11.0 Å². The zero-order valence-electron chi connectivity index (χ0n) is 31.1. The summed E-state index contributed by atoms with van der Waals surface area (Å²) in [6.07, 6.45) is 0. The monoisotopic (exact) mass is 728 g/mol. The summed E-state index contributed by atoms with van der Waals surface area (Å²) in [5, 5.41) is 4.66. The van der Waals surface area contributed by atoms with Crippen LogP contribution in [0.5, 0.6) is 0 Å². The number of aromatic nitrogens is 1. The van der Waals surface area contributed by atoms with E-state index in [4.69, 9.17) is 4.42 Å². The summed E-state index contributed by atoms with van der Waals surface area (Å²) in [5.41, 5.74) is 15.4. The van der Waals surface area contributed by atoms with Crippen LogP contribution >= 0.6 is 0 Å². The van der Waals surface area contributed by atoms with Crippen LogP contribution < -0.4 is 4.90 Å². The Labute approximate surface area is 330 Å². The molecule has 0 aliphatic rings. The molecule has 0 amide bonds. The van der Waals surface area contributed by atoms with Crippen molar-refractivity contribution in [1.29, 1.82) is 0 Å². The molecule has 0 aliphatic heterocycles. The highest BCUT2D eigenvalue weighted by molar-refractivity contribution is 6.27. The van der Waals surface area contributed by atoms with Crippen molar-refractivity contribution in [2.45, 2.75) is 0 Å². The molecule has 0 radical (unpaired) electrons. The Morgan fingerprint density at radius 2 is 0.860 bits per heavy atom. The first-order chi connectivity index (χ1) is 28.3. The van der Waals surface area contributed by atoms with Crippen LogP contribution in [0.25, 0.3) is 82.8 Å². The Morgan fingerprint density at radius 3 is 1.56 bits per heavy atom. The van der Waals surface area contributed by atoms with Crippen LogP contribution in [-0.4, -0.2) is 4.57 Å². The number of nitrogens with zero attached hydrogens (tertiary/aromatic N) is 2. The summed E-state index contributed by atoms with van der Waals surface area (Å²) < 4.78 is 9.11. The molecule has 3 heteroatoms. The second kappa shape index (κ2) is 13.6. The first-order valence-electron chi connectivity index (χ1n) is 19.4. The lowest BCUT2D eigenvalue weighted by atomic mass is 9.93. The second-order valence-electron chi connectivity index (χ2n) is 14.5. The van der Waals surface area contributed by atoms with Crippen molar-refractivity contribution in [1.82, 2.24) is 4.57 Å². The van der Waals surface area contributed by atoms with Crippen molar-refractivity contribution in [3.05, 3.63) is 218 Å². The molecule has 11 aromatic rings. The van der Waals surface area contributed by atoms with Crippen molar-refractivity contribution in [2.24, 2.45) is 0 Å². The first-order valence-corrected chi connectivity index (χ1v) is 19.4. The third-order valence-electron chi connectivity index (χ3n) is 11.2. The normalized spacial score (nSPS) is 11.5. The standard InChI is InChI=1S/C54H36N2O/c1-4-15-37(16-5-1)39-27-29-41(30-28-39)52-53-46-23-10-12-25-48(46)56(49(53)36-51-54(52)47-24-11-13-26-50(47)57-51)45-22-14-21-44(35-45)55(42-19-8-3-9-20-42)43-33-31-40(32-34-43)38-17-6-2-7-18-38/h1-36H. The SMILES string of the molecule is c1ccc(-c2ccc(-c3c4c(cc5c3c3ccccc3n5-c3cccc(N(c5ccccc5)c5ccc(-c6ccccc6)cc5)c3)oc3ccccc34)cc2)cc1. The number of furan rings is 1. The lowest BCUT2D eigenvalue weighted by Crippen LogP contribution is -2.10. The van der Waals surface area contributed by atoms with E-state index in [1.807, 2.05) is 6.07 Å². The molecule has 9 aromatic carbocycles. The quantitative estimate of drug-likeness (QED) is 0.163. The van der Waals surface area contributed by atoms with E-state index in [0.717, 1.165) is 61.3 Å². The molecule has 2 heterocycles. The van der Waals surface area contributed by atoms with E-state index < -0.39 is 0 Å². The molecule has 0 bridgehead atoms. The summed E-state index contributed by atoms with van der Waals surface area (Å²) >= 11 is 0.